The van der Waals surface area contributed by atoms with Crippen LogP contribution in [0.2, 0.25) is 0 Å². The lowest BCUT2D eigenvalue weighted by molar-refractivity contribution is -0.137. The predicted molar refractivity (Wildman–Crippen MR) is 83.1 cm³/mol. The van der Waals surface area contributed by atoms with Crippen LogP contribution in [-0.4, -0.2) is 30.0 Å². The number of hydrogen-bond donors (Lipinski definition) is 2. The first-order chi connectivity index (χ1) is 10.0. The molecule has 0 saturated carbocycles. The minimum atomic E-state index is -0.786. The molecule has 0 heterocycles. The number of unbranched alkanes of at least 4 members (excludes halogenated alkanes) is 2. The molecule has 1 aromatic rings. The Bertz CT molecular complexity index is 491. The summed E-state index contributed by atoms with van der Waals surface area (Å²) >= 11 is 1.65. The van der Waals surface area contributed by atoms with Crippen LogP contribution in [0.5, 0.6) is 5.75 Å². The number of rotatable bonds is 8. The Balaban J connectivity index is 2.24. The Morgan fingerprint density at radius 2 is 2.05 bits per heavy atom. The van der Waals surface area contributed by atoms with Crippen LogP contribution in [0.4, 0.5) is 4.79 Å². The van der Waals surface area contributed by atoms with Crippen LogP contribution in [0.15, 0.2) is 23.1 Å². The molecule has 6 heteroatoms. The largest absolute Gasteiger partial charge is 0.481 e. The molecule has 1 aromatic carbocycles. The highest BCUT2D eigenvalue weighted by atomic mass is 32.2. The van der Waals surface area contributed by atoms with Crippen molar-refractivity contribution in [2.45, 2.75) is 37.5 Å². The minimum absolute atomic E-state index is 0.172. The minimum Gasteiger partial charge on any atom is -0.481 e. The van der Waals surface area contributed by atoms with Gasteiger partial charge in [-0.2, -0.15) is 0 Å². The van der Waals surface area contributed by atoms with Crippen molar-refractivity contribution >= 4 is 23.8 Å². The van der Waals surface area contributed by atoms with Crippen LogP contribution in [0, 0.1) is 6.92 Å². The smallest absolute Gasteiger partial charge is 0.412 e. The molecule has 0 unspecified atom stereocenters. The maximum absolute atomic E-state index is 11.6. The van der Waals surface area contributed by atoms with Crippen molar-refractivity contribution in [3.63, 3.8) is 0 Å². The summed E-state index contributed by atoms with van der Waals surface area (Å²) in [5, 5.41) is 11.1. The van der Waals surface area contributed by atoms with Gasteiger partial charge in [0, 0.05) is 17.9 Å². The van der Waals surface area contributed by atoms with Crippen molar-refractivity contribution in [1.82, 2.24) is 5.32 Å². The van der Waals surface area contributed by atoms with Crippen molar-refractivity contribution in [3.05, 3.63) is 23.8 Å². The number of carbonyl (C=O) groups is 2. The summed E-state index contributed by atoms with van der Waals surface area (Å²) in [5.41, 5.74) is 1.07. The Kier molecular flexibility index (Phi) is 7.68. The zero-order valence-electron chi connectivity index (χ0n) is 12.3. The molecular weight excluding hydrogens is 290 g/mol. The van der Waals surface area contributed by atoms with E-state index in [0.717, 1.165) is 23.3 Å². The zero-order chi connectivity index (χ0) is 15.7. The second-order valence-electron chi connectivity index (χ2n) is 4.65. The fourth-order valence-electron chi connectivity index (χ4n) is 1.83. The fraction of sp³-hybridized carbons (Fsp3) is 0.467. The van der Waals surface area contributed by atoms with Gasteiger partial charge in [-0.3, -0.25) is 4.79 Å². The third-order valence-corrected chi connectivity index (χ3v) is 3.81. The monoisotopic (exact) mass is 311 g/mol. The van der Waals surface area contributed by atoms with E-state index < -0.39 is 12.1 Å². The van der Waals surface area contributed by atoms with Gasteiger partial charge in [0.2, 0.25) is 0 Å². The summed E-state index contributed by atoms with van der Waals surface area (Å²) in [6, 6.07) is 5.53. The van der Waals surface area contributed by atoms with Crippen molar-refractivity contribution in [2.75, 3.05) is 12.8 Å². The maximum Gasteiger partial charge on any atom is 0.412 e. The molecule has 21 heavy (non-hydrogen) atoms. The number of aliphatic carboxylic acids is 1. The second-order valence-corrected chi connectivity index (χ2v) is 5.50. The van der Waals surface area contributed by atoms with Gasteiger partial charge in [0.25, 0.3) is 0 Å². The summed E-state index contributed by atoms with van der Waals surface area (Å²) in [6.07, 6.45) is 3.83. The van der Waals surface area contributed by atoms with E-state index in [1.807, 2.05) is 25.3 Å². The lowest BCUT2D eigenvalue weighted by atomic mass is 10.2. The van der Waals surface area contributed by atoms with Gasteiger partial charge < -0.3 is 15.2 Å². The molecule has 1 rings (SSSR count). The Morgan fingerprint density at radius 3 is 2.67 bits per heavy atom. The number of thioether (sulfide) groups is 1. The number of ether oxygens (including phenoxy) is 1. The average Bonchev–Trinajstić information content (AvgIpc) is 2.42. The van der Waals surface area contributed by atoms with Crippen molar-refractivity contribution in [3.8, 4) is 5.75 Å². The SMILES string of the molecule is CSc1ccc(OC(=O)NCCCCCC(=O)O)cc1C. The average molecular weight is 311 g/mol. The quantitative estimate of drug-likeness (QED) is 0.568. The normalized spacial score (nSPS) is 10.2. The molecule has 0 spiro atoms. The van der Waals surface area contributed by atoms with Crippen LogP contribution in [-0.2, 0) is 4.79 Å². The summed E-state index contributed by atoms with van der Waals surface area (Å²) < 4.78 is 5.19. The van der Waals surface area contributed by atoms with Crippen molar-refractivity contribution in [1.29, 1.82) is 0 Å². The molecule has 0 bridgehead atoms. The van der Waals surface area contributed by atoms with Gasteiger partial charge in [-0.05, 0) is 49.8 Å². The molecule has 0 radical (unpaired) electrons. The third-order valence-electron chi connectivity index (χ3n) is 2.91. The lowest BCUT2D eigenvalue weighted by Crippen LogP contribution is -2.27. The Labute approximate surface area is 129 Å². The Hall–Kier alpha value is -1.69. The number of carboxylic acids is 1. The molecule has 2 N–H and O–H groups in total. The maximum atomic E-state index is 11.6. The summed E-state index contributed by atoms with van der Waals surface area (Å²) in [4.78, 5) is 23.1. The third kappa shape index (κ3) is 7.04. The molecule has 0 aliphatic heterocycles. The summed E-state index contributed by atoms with van der Waals surface area (Å²) in [5.74, 6) is -0.264. The van der Waals surface area contributed by atoms with Gasteiger partial charge in [-0.1, -0.05) is 6.42 Å². The molecule has 0 atom stereocenters. The summed E-state index contributed by atoms with van der Waals surface area (Å²) in [7, 11) is 0. The second kappa shape index (κ2) is 9.28. The molecule has 0 fully saturated rings. The number of nitrogens with one attached hydrogen (secondary N) is 1. The first kappa shape index (κ1) is 17.4. The fourth-order valence-corrected chi connectivity index (χ4v) is 2.41. The van der Waals surface area contributed by atoms with Gasteiger partial charge in [0.05, 0.1) is 0 Å². The molecule has 5 nitrogen and oxygen atoms in total. The van der Waals surface area contributed by atoms with E-state index in [-0.39, 0.29) is 6.42 Å². The molecule has 116 valence electrons. The van der Waals surface area contributed by atoms with Crippen molar-refractivity contribution < 1.29 is 19.4 Å². The van der Waals surface area contributed by atoms with Gasteiger partial charge >= 0.3 is 12.1 Å². The van der Waals surface area contributed by atoms with E-state index in [4.69, 9.17) is 9.84 Å². The van der Waals surface area contributed by atoms with E-state index >= 15 is 0 Å². The Morgan fingerprint density at radius 1 is 1.29 bits per heavy atom. The van der Waals surface area contributed by atoms with Gasteiger partial charge in [-0.25, -0.2) is 4.79 Å². The highest BCUT2D eigenvalue weighted by Crippen LogP contribution is 2.24. The van der Waals surface area contributed by atoms with E-state index in [1.165, 1.54) is 0 Å². The number of amides is 1. The molecule has 1 amide bonds. The number of carbonyl (C=O) groups excluding carboxylic acids is 1. The molecule has 0 saturated heterocycles. The predicted octanol–water partition coefficient (Wildman–Crippen LogP) is 3.45. The lowest BCUT2D eigenvalue weighted by Gasteiger charge is -2.08. The molecule has 0 aliphatic carbocycles. The van der Waals surface area contributed by atoms with E-state index in [9.17, 15) is 9.59 Å². The molecular formula is C15H21NO4S. The van der Waals surface area contributed by atoms with Crippen LogP contribution < -0.4 is 10.1 Å². The van der Waals surface area contributed by atoms with Gasteiger partial charge in [-0.15, -0.1) is 11.8 Å². The number of aryl methyl sites for hydroxylation is 1. The van der Waals surface area contributed by atoms with E-state index in [0.29, 0.717) is 18.7 Å². The van der Waals surface area contributed by atoms with Crippen LogP contribution in [0.3, 0.4) is 0 Å². The first-order valence-electron chi connectivity index (χ1n) is 6.85. The number of hydrogen-bond acceptors (Lipinski definition) is 4. The highest BCUT2D eigenvalue weighted by Gasteiger charge is 2.05. The summed E-state index contributed by atoms with van der Waals surface area (Å²) in [6.45, 7) is 2.46. The topological polar surface area (TPSA) is 75.6 Å². The highest BCUT2D eigenvalue weighted by molar-refractivity contribution is 7.98. The van der Waals surface area contributed by atoms with E-state index in [1.54, 1.807) is 17.8 Å². The van der Waals surface area contributed by atoms with Crippen LogP contribution >= 0.6 is 11.8 Å². The molecule has 0 aliphatic rings. The van der Waals surface area contributed by atoms with Crippen LogP contribution in [0.1, 0.15) is 31.2 Å². The standard InChI is InChI=1S/C15H21NO4S/c1-11-10-12(7-8-13(11)21-2)20-15(19)16-9-5-3-4-6-14(17)18/h7-8,10H,3-6,9H2,1-2H3,(H,16,19)(H,17,18). The zero-order valence-corrected chi connectivity index (χ0v) is 13.2. The van der Waals surface area contributed by atoms with Gasteiger partial charge in [0.1, 0.15) is 5.75 Å². The van der Waals surface area contributed by atoms with Crippen molar-refractivity contribution in [2.24, 2.45) is 0 Å². The first-order valence-corrected chi connectivity index (χ1v) is 8.07. The van der Waals surface area contributed by atoms with Crippen LogP contribution in [0.25, 0.3) is 0 Å². The van der Waals surface area contributed by atoms with E-state index in [2.05, 4.69) is 5.32 Å². The van der Waals surface area contributed by atoms with Gasteiger partial charge in [0.15, 0.2) is 0 Å². The molecule has 0 aromatic heterocycles. The number of carboxylic acid groups (broad SMARTS) is 1. The number of benzene rings is 1.